The van der Waals surface area contributed by atoms with Crippen LogP contribution in [0.15, 0.2) is 9.89 Å². The van der Waals surface area contributed by atoms with Crippen molar-refractivity contribution >= 4 is 16.0 Å². The van der Waals surface area contributed by atoms with Gasteiger partial charge in [0, 0.05) is 13.1 Å². The molecule has 0 radical (unpaired) electrons. The number of hydrogen-bond donors (Lipinski definition) is 2. The van der Waals surface area contributed by atoms with Crippen molar-refractivity contribution in [3.8, 4) is 0 Å². The molecular weight excluding hydrogens is 286 g/mol. The zero-order valence-corrected chi connectivity index (χ0v) is 14.1. The lowest BCUT2D eigenvalue weighted by Gasteiger charge is -2.21. The van der Waals surface area contributed by atoms with Crippen molar-refractivity contribution in [1.82, 2.24) is 10.0 Å². The lowest BCUT2D eigenvalue weighted by Crippen LogP contribution is -2.44. The van der Waals surface area contributed by atoms with Gasteiger partial charge in [-0.05, 0) is 68.9 Å². The van der Waals surface area contributed by atoms with E-state index in [0.29, 0.717) is 17.4 Å². The Morgan fingerprint density at radius 3 is 1.95 bits per heavy atom. The van der Waals surface area contributed by atoms with Gasteiger partial charge < -0.3 is 5.32 Å². The van der Waals surface area contributed by atoms with Gasteiger partial charge in [0.05, 0.1) is 4.90 Å². The van der Waals surface area contributed by atoms with E-state index in [1.165, 1.54) is 0 Å². The largest absolute Gasteiger partial charge is 0.356 e. The van der Waals surface area contributed by atoms with E-state index in [1.807, 2.05) is 34.6 Å². The van der Waals surface area contributed by atoms with Crippen LogP contribution in [0.5, 0.6) is 0 Å². The normalized spacial score (nSPS) is 15.4. The van der Waals surface area contributed by atoms with Crippen molar-refractivity contribution < 1.29 is 8.42 Å². The molecule has 1 aromatic carbocycles. The quantitative estimate of drug-likeness (QED) is 0.876. The Morgan fingerprint density at radius 2 is 1.48 bits per heavy atom. The summed E-state index contributed by atoms with van der Waals surface area (Å²) in [6.45, 7) is 11.1. The number of nitrogens with one attached hydrogen (secondary N) is 2. The first-order chi connectivity index (χ1) is 9.75. The van der Waals surface area contributed by atoms with Gasteiger partial charge in [0.25, 0.3) is 10.0 Å². The Hall–Kier alpha value is -1.56. The van der Waals surface area contributed by atoms with Gasteiger partial charge >= 0.3 is 0 Å². The Morgan fingerprint density at radius 1 is 0.952 bits per heavy atom. The molecule has 0 fully saturated rings. The van der Waals surface area contributed by atoms with Crippen LogP contribution in [0, 0.1) is 34.6 Å². The molecule has 0 aromatic heterocycles. The van der Waals surface area contributed by atoms with Crippen LogP contribution in [0.25, 0.3) is 0 Å². The molecule has 116 valence electrons. The van der Waals surface area contributed by atoms with Gasteiger partial charge in [0.2, 0.25) is 5.96 Å². The van der Waals surface area contributed by atoms with Gasteiger partial charge in [-0.15, -0.1) is 0 Å². The van der Waals surface area contributed by atoms with Crippen LogP contribution >= 0.6 is 0 Å². The fraction of sp³-hybridized carbons (Fsp3) is 0.533. The monoisotopic (exact) mass is 309 g/mol. The first-order valence-electron chi connectivity index (χ1n) is 7.13. The second kappa shape index (κ2) is 5.67. The Kier molecular flexibility index (Phi) is 4.27. The number of rotatable bonds is 2. The zero-order chi connectivity index (χ0) is 15.8. The highest BCUT2D eigenvalue weighted by atomic mass is 32.2. The third kappa shape index (κ3) is 2.90. The second-order valence-corrected chi connectivity index (χ2v) is 7.19. The minimum atomic E-state index is -3.63. The van der Waals surface area contributed by atoms with Crippen molar-refractivity contribution in [1.29, 1.82) is 0 Å². The van der Waals surface area contributed by atoms with Crippen LogP contribution in [-0.4, -0.2) is 27.5 Å². The molecule has 0 saturated carbocycles. The molecule has 0 atom stereocenters. The predicted molar refractivity (Wildman–Crippen MR) is 85.4 cm³/mol. The summed E-state index contributed by atoms with van der Waals surface area (Å²) in [5.41, 5.74) is 4.81. The molecule has 2 rings (SSSR count). The number of aliphatic imine (C=N–C) groups is 1. The smallest absolute Gasteiger partial charge is 0.264 e. The molecule has 1 aromatic rings. The summed E-state index contributed by atoms with van der Waals surface area (Å²) < 4.78 is 28.0. The third-order valence-electron chi connectivity index (χ3n) is 4.33. The molecule has 21 heavy (non-hydrogen) atoms. The Balaban J connectivity index is 2.52. The fourth-order valence-electron chi connectivity index (χ4n) is 2.65. The average Bonchev–Trinajstić information content (AvgIpc) is 2.43. The molecule has 0 aliphatic carbocycles. The van der Waals surface area contributed by atoms with E-state index in [9.17, 15) is 8.42 Å². The first-order valence-corrected chi connectivity index (χ1v) is 8.62. The average molecular weight is 309 g/mol. The standard InChI is InChI=1S/C15H23N3O2S/c1-9-10(2)12(4)14(13(5)11(9)3)21(19,20)18-15-16-7-6-8-17-15/h6-8H2,1-5H3,(H2,16,17,18). The summed E-state index contributed by atoms with van der Waals surface area (Å²) in [4.78, 5) is 4.55. The van der Waals surface area contributed by atoms with Crippen LogP contribution in [0.3, 0.4) is 0 Å². The highest BCUT2D eigenvalue weighted by Crippen LogP contribution is 2.29. The molecule has 1 heterocycles. The number of sulfonamides is 1. The summed E-state index contributed by atoms with van der Waals surface area (Å²) in [7, 11) is -3.63. The highest BCUT2D eigenvalue weighted by molar-refractivity contribution is 7.90. The SMILES string of the molecule is Cc1c(C)c(C)c(S(=O)(=O)NC2=NCCCN2)c(C)c1C. The maximum absolute atomic E-state index is 12.7. The lowest BCUT2D eigenvalue weighted by molar-refractivity contribution is 0.588. The van der Waals surface area contributed by atoms with E-state index in [2.05, 4.69) is 15.0 Å². The van der Waals surface area contributed by atoms with Crippen molar-refractivity contribution in [2.45, 2.75) is 45.9 Å². The van der Waals surface area contributed by atoms with E-state index in [-0.39, 0.29) is 0 Å². The summed E-state index contributed by atoms with van der Waals surface area (Å²) in [6.07, 6.45) is 0.923. The van der Waals surface area contributed by atoms with Crippen molar-refractivity contribution in [2.75, 3.05) is 13.1 Å². The van der Waals surface area contributed by atoms with Crippen LogP contribution in [0.1, 0.15) is 34.2 Å². The summed E-state index contributed by atoms with van der Waals surface area (Å²) in [5, 5.41) is 2.98. The zero-order valence-electron chi connectivity index (χ0n) is 13.3. The molecule has 5 nitrogen and oxygen atoms in total. The second-order valence-electron chi connectivity index (χ2n) is 5.57. The van der Waals surface area contributed by atoms with Crippen LogP contribution < -0.4 is 10.0 Å². The molecule has 0 amide bonds. The molecule has 0 bridgehead atoms. The molecular formula is C15H23N3O2S. The molecule has 1 aliphatic heterocycles. The fourth-order valence-corrected chi connectivity index (χ4v) is 4.25. The van der Waals surface area contributed by atoms with Gasteiger partial charge in [-0.2, -0.15) is 0 Å². The van der Waals surface area contributed by atoms with Crippen molar-refractivity contribution in [3.05, 3.63) is 27.8 Å². The highest BCUT2D eigenvalue weighted by Gasteiger charge is 2.25. The van der Waals surface area contributed by atoms with Gasteiger partial charge in [-0.3, -0.25) is 4.99 Å². The predicted octanol–water partition coefficient (Wildman–Crippen LogP) is 1.86. The molecule has 1 aliphatic rings. The van der Waals surface area contributed by atoms with Crippen LogP contribution in [0.2, 0.25) is 0 Å². The maximum Gasteiger partial charge on any atom is 0.264 e. The van der Waals surface area contributed by atoms with Gasteiger partial charge in [0.15, 0.2) is 0 Å². The van der Waals surface area contributed by atoms with Crippen LogP contribution in [0.4, 0.5) is 0 Å². The van der Waals surface area contributed by atoms with Crippen LogP contribution in [-0.2, 0) is 10.0 Å². The molecule has 0 spiro atoms. The number of hydrogen-bond acceptors (Lipinski definition) is 4. The molecule has 2 N–H and O–H groups in total. The molecule has 0 saturated heterocycles. The number of guanidine groups is 1. The van der Waals surface area contributed by atoms with E-state index in [1.54, 1.807) is 0 Å². The van der Waals surface area contributed by atoms with E-state index in [4.69, 9.17) is 0 Å². The molecule has 0 unspecified atom stereocenters. The van der Waals surface area contributed by atoms with E-state index in [0.717, 1.165) is 40.8 Å². The van der Waals surface area contributed by atoms with E-state index >= 15 is 0 Å². The minimum Gasteiger partial charge on any atom is -0.356 e. The molecule has 6 heteroatoms. The van der Waals surface area contributed by atoms with Gasteiger partial charge in [-0.1, -0.05) is 0 Å². The van der Waals surface area contributed by atoms with E-state index < -0.39 is 10.0 Å². The lowest BCUT2D eigenvalue weighted by atomic mass is 9.95. The van der Waals surface area contributed by atoms with Gasteiger partial charge in [-0.25, -0.2) is 13.1 Å². The third-order valence-corrected chi connectivity index (χ3v) is 5.94. The first kappa shape index (κ1) is 15.8. The number of nitrogens with zero attached hydrogens (tertiary/aromatic N) is 1. The van der Waals surface area contributed by atoms with Crippen molar-refractivity contribution in [2.24, 2.45) is 4.99 Å². The Bertz CT molecular complexity index is 677. The Labute approximate surface area is 126 Å². The summed E-state index contributed by atoms with van der Waals surface area (Å²) in [5.74, 6) is 0.343. The van der Waals surface area contributed by atoms with Crippen molar-refractivity contribution in [3.63, 3.8) is 0 Å². The topological polar surface area (TPSA) is 70.6 Å². The number of benzene rings is 1. The minimum absolute atomic E-state index is 0.343. The maximum atomic E-state index is 12.7. The van der Waals surface area contributed by atoms with Gasteiger partial charge in [0.1, 0.15) is 0 Å². The summed E-state index contributed by atoms with van der Waals surface area (Å²) >= 11 is 0. The summed E-state index contributed by atoms with van der Waals surface area (Å²) in [6, 6.07) is 0.